The van der Waals surface area contributed by atoms with Gasteiger partial charge in [0.1, 0.15) is 0 Å². The van der Waals surface area contributed by atoms with Crippen LogP contribution in [-0.2, 0) is 29.3 Å². The molecule has 0 amide bonds. The molecule has 0 spiro atoms. The molecule has 0 radical (unpaired) electrons. The number of hydrogen-bond acceptors (Lipinski definition) is 2. The summed E-state index contributed by atoms with van der Waals surface area (Å²) in [5.41, 5.74) is 7.39. The first-order valence-corrected chi connectivity index (χ1v) is 17.5. The van der Waals surface area contributed by atoms with Crippen LogP contribution < -0.4 is 0 Å². The Morgan fingerprint density at radius 1 is 0.405 bits per heavy atom. The molecule has 0 aliphatic heterocycles. The number of aliphatic imine (C=N–C) groups is 2. The van der Waals surface area contributed by atoms with Gasteiger partial charge in [0.15, 0.2) is 0 Å². The van der Waals surface area contributed by atoms with Crippen LogP contribution in [0.25, 0.3) is 0 Å². The van der Waals surface area contributed by atoms with Crippen LogP contribution in [0.2, 0.25) is 0 Å². The molecule has 2 aromatic carbocycles. The standard InChI is InChI=1S/C39H62N2.Ni/c1-5-9-13-15-17-20-22-34-26-30-36(31-27-34)40-38(24-12-8-4)39(25-19-11-7-3)41-37-32-28-35(29-33-37)23-21-18-16-14-10-6-2;/h26-33H,5-25H2,1-4H3;. The van der Waals surface area contributed by atoms with Gasteiger partial charge in [-0.15, -0.1) is 0 Å². The van der Waals surface area contributed by atoms with Gasteiger partial charge in [0.2, 0.25) is 0 Å². The zero-order valence-corrected chi connectivity index (χ0v) is 28.7. The minimum atomic E-state index is 0. The molecule has 0 saturated carbocycles. The summed E-state index contributed by atoms with van der Waals surface area (Å²) in [6, 6.07) is 18.1. The Morgan fingerprint density at radius 3 is 1.14 bits per heavy atom. The maximum absolute atomic E-state index is 5.23. The van der Waals surface area contributed by atoms with Crippen molar-refractivity contribution in [3.63, 3.8) is 0 Å². The monoisotopic (exact) mass is 616 g/mol. The van der Waals surface area contributed by atoms with Gasteiger partial charge in [-0.2, -0.15) is 0 Å². The summed E-state index contributed by atoms with van der Waals surface area (Å²) in [4.78, 5) is 10.4. The topological polar surface area (TPSA) is 24.7 Å². The van der Waals surface area contributed by atoms with Gasteiger partial charge in [0, 0.05) is 16.5 Å². The average Bonchev–Trinajstić information content (AvgIpc) is 3.00. The van der Waals surface area contributed by atoms with Gasteiger partial charge in [0.05, 0.1) is 22.8 Å². The average molecular weight is 618 g/mol. The molecule has 2 aromatic rings. The summed E-state index contributed by atoms with van der Waals surface area (Å²) in [6.07, 6.45) is 26.5. The molecule has 0 aliphatic rings. The smallest absolute Gasteiger partial charge is 0.0633 e. The molecule has 0 heterocycles. The van der Waals surface area contributed by atoms with Crippen molar-refractivity contribution in [3.8, 4) is 0 Å². The second-order valence-electron chi connectivity index (χ2n) is 12.0. The SMILES string of the molecule is CCCCCCCCc1ccc(N=C(CCCC)C(CCCCC)=Nc2ccc(CCCCCCCC)cc2)cc1.[Ni]. The van der Waals surface area contributed by atoms with E-state index in [1.807, 2.05) is 0 Å². The molecule has 0 atom stereocenters. The molecule has 2 rings (SSSR count). The number of hydrogen-bond donors (Lipinski definition) is 0. The summed E-state index contributed by atoms with van der Waals surface area (Å²) in [5.74, 6) is 0. The van der Waals surface area contributed by atoms with E-state index in [9.17, 15) is 0 Å². The zero-order valence-electron chi connectivity index (χ0n) is 27.7. The van der Waals surface area contributed by atoms with Crippen LogP contribution in [0.4, 0.5) is 11.4 Å². The van der Waals surface area contributed by atoms with Crippen molar-refractivity contribution >= 4 is 22.8 Å². The summed E-state index contributed by atoms with van der Waals surface area (Å²) in [5, 5.41) is 0. The largest absolute Gasteiger partial charge is 0.252 e. The normalized spacial score (nSPS) is 12.0. The van der Waals surface area contributed by atoms with Crippen LogP contribution >= 0.6 is 0 Å². The van der Waals surface area contributed by atoms with E-state index >= 15 is 0 Å². The Labute approximate surface area is 270 Å². The van der Waals surface area contributed by atoms with E-state index in [-0.39, 0.29) is 16.5 Å². The van der Waals surface area contributed by atoms with Crippen molar-refractivity contribution in [2.24, 2.45) is 9.98 Å². The summed E-state index contributed by atoms with van der Waals surface area (Å²) < 4.78 is 0. The van der Waals surface area contributed by atoms with Gasteiger partial charge in [-0.3, -0.25) is 9.98 Å². The van der Waals surface area contributed by atoms with Crippen molar-refractivity contribution in [1.29, 1.82) is 0 Å². The number of unbranched alkanes of at least 4 members (excludes halogenated alkanes) is 13. The Bertz CT molecular complexity index is 959. The van der Waals surface area contributed by atoms with Crippen LogP contribution in [0.1, 0.15) is 161 Å². The Hall–Kier alpha value is -1.73. The Kier molecular flexibility index (Phi) is 23.5. The second-order valence-corrected chi connectivity index (χ2v) is 12.0. The van der Waals surface area contributed by atoms with Gasteiger partial charge >= 0.3 is 0 Å². The van der Waals surface area contributed by atoms with Crippen molar-refractivity contribution in [2.45, 2.75) is 163 Å². The molecule has 0 aliphatic carbocycles. The third-order valence-corrected chi connectivity index (χ3v) is 8.16. The van der Waals surface area contributed by atoms with E-state index in [1.165, 1.54) is 138 Å². The van der Waals surface area contributed by atoms with Crippen LogP contribution in [0.3, 0.4) is 0 Å². The quantitative estimate of drug-likeness (QED) is 0.0636. The van der Waals surface area contributed by atoms with E-state index in [1.54, 1.807) is 0 Å². The van der Waals surface area contributed by atoms with Crippen LogP contribution in [0.5, 0.6) is 0 Å². The molecule has 0 saturated heterocycles. The van der Waals surface area contributed by atoms with E-state index in [0.717, 1.165) is 30.6 Å². The number of aryl methyl sites for hydroxylation is 2. The van der Waals surface area contributed by atoms with E-state index in [4.69, 9.17) is 9.98 Å². The summed E-state index contributed by atoms with van der Waals surface area (Å²) in [6.45, 7) is 9.11. The predicted octanol–water partition coefficient (Wildman–Crippen LogP) is 13.1. The Morgan fingerprint density at radius 2 is 0.738 bits per heavy atom. The second kappa shape index (κ2) is 25.7. The van der Waals surface area contributed by atoms with Crippen molar-refractivity contribution in [1.82, 2.24) is 0 Å². The van der Waals surface area contributed by atoms with Crippen molar-refractivity contribution < 1.29 is 16.5 Å². The maximum Gasteiger partial charge on any atom is 0.0633 e. The first-order chi connectivity index (χ1) is 20.2. The van der Waals surface area contributed by atoms with E-state index < -0.39 is 0 Å². The molecular formula is C39H62N2Ni. The fourth-order valence-corrected chi connectivity index (χ4v) is 5.42. The molecule has 3 heteroatoms. The maximum atomic E-state index is 5.23. The zero-order chi connectivity index (χ0) is 29.4. The molecular weight excluding hydrogens is 555 g/mol. The molecule has 238 valence electrons. The molecule has 0 N–H and O–H groups in total. The van der Waals surface area contributed by atoms with Gasteiger partial charge in [-0.1, -0.05) is 135 Å². The van der Waals surface area contributed by atoms with Gasteiger partial charge in [-0.05, 0) is 86.8 Å². The van der Waals surface area contributed by atoms with E-state index in [2.05, 4.69) is 76.2 Å². The van der Waals surface area contributed by atoms with Gasteiger partial charge < -0.3 is 0 Å². The number of nitrogens with zero attached hydrogens (tertiary/aromatic N) is 2. The Balaban J connectivity index is 0.00000882. The van der Waals surface area contributed by atoms with Crippen LogP contribution in [-0.4, -0.2) is 11.4 Å². The molecule has 2 nitrogen and oxygen atoms in total. The van der Waals surface area contributed by atoms with Crippen molar-refractivity contribution in [2.75, 3.05) is 0 Å². The van der Waals surface area contributed by atoms with Gasteiger partial charge in [-0.25, -0.2) is 0 Å². The minimum absolute atomic E-state index is 0. The van der Waals surface area contributed by atoms with Crippen LogP contribution in [0, 0.1) is 0 Å². The molecule has 42 heavy (non-hydrogen) atoms. The molecule has 0 fully saturated rings. The molecule has 0 unspecified atom stereocenters. The van der Waals surface area contributed by atoms with Crippen LogP contribution in [0.15, 0.2) is 58.5 Å². The minimum Gasteiger partial charge on any atom is -0.252 e. The molecule has 0 bridgehead atoms. The van der Waals surface area contributed by atoms with Crippen molar-refractivity contribution in [3.05, 3.63) is 59.7 Å². The first kappa shape index (κ1) is 38.3. The fourth-order valence-electron chi connectivity index (χ4n) is 5.42. The third kappa shape index (κ3) is 17.4. The summed E-state index contributed by atoms with van der Waals surface area (Å²) in [7, 11) is 0. The number of benzene rings is 2. The first-order valence-electron chi connectivity index (χ1n) is 17.5. The van der Waals surface area contributed by atoms with E-state index in [0.29, 0.717) is 0 Å². The summed E-state index contributed by atoms with van der Waals surface area (Å²) >= 11 is 0. The van der Waals surface area contributed by atoms with Gasteiger partial charge in [0.25, 0.3) is 0 Å². The predicted molar refractivity (Wildman–Crippen MR) is 185 cm³/mol. The molecule has 0 aromatic heterocycles. The third-order valence-electron chi connectivity index (χ3n) is 8.16. The number of rotatable bonds is 24. The fraction of sp³-hybridized carbons (Fsp3) is 0.641.